The van der Waals surface area contributed by atoms with Crippen LogP contribution in [0.4, 0.5) is 0 Å². The Balaban J connectivity index is 3.16. The number of sulfonamides is 1. The molecule has 0 aromatic heterocycles. The number of primary sulfonamides is 1. The molecule has 0 fully saturated rings. The molecule has 3 N–H and O–H groups in total. The van der Waals surface area contributed by atoms with Crippen LogP contribution in [-0.4, -0.2) is 14.5 Å². The topological polar surface area (TPSA) is 72.2 Å². The summed E-state index contributed by atoms with van der Waals surface area (Å²) in [5.41, 5.74) is 1.53. The fraction of sp³-hybridized carbons (Fsp3) is 0.455. The SMILES string of the molecule is Cc1c(Br)cc(CNC(C)C)cc1S(N)(=O)=O. The van der Waals surface area contributed by atoms with Gasteiger partial charge in [0.2, 0.25) is 10.0 Å². The summed E-state index contributed by atoms with van der Waals surface area (Å²) in [6, 6.07) is 3.86. The predicted octanol–water partition coefficient (Wildman–Crippen LogP) is 1.90. The summed E-state index contributed by atoms with van der Waals surface area (Å²) >= 11 is 3.35. The Hall–Kier alpha value is -0.430. The highest BCUT2D eigenvalue weighted by Crippen LogP contribution is 2.25. The predicted molar refractivity (Wildman–Crippen MR) is 72.2 cm³/mol. The molecule has 0 aliphatic carbocycles. The van der Waals surface area contributed by atoms with Crippen molar-refractivity contribution in [3.63, 3.8) is 0 Å². The van der Waals surface area contributed by atoms with Crippen LogP contribution in [0.25, 0.3) is 0 Å². The van der Waals surface area contributed by atoms with Crippen molar-refractivity contribution in [2.45, 2.75) is 38.3 Å². The van der Waals surface area contributed by atoms with Gasteiger partial charge in [0.25, 0.3) is 0 Å². The van der Waals surface area contributed by atoms with Crippen molar-refractivity contribution >= 4 is 26.0 Å². The molecular weight excluding hydrogens is 304 g/mol. The van der Waals surface area contributed by atoms with Crippen molar-refractivity contribution in [3.8, 4) is 0 Å². The van der Waals surface area contributed by atoms with Crippen molar-refractivity contribution in [3.05, 3.63) is 27.7 Å². The molecule has 6 heteroatoms. The van der Waals surface area contributed by atoms with E-state index in [4.69, 9.17) is 5.14 Å². The summed E-state index contributed by atoms with van der Waals surface area (Å²) < 4.78 is 23.6. The first-order valence-corrected chi connectivity index (χ1v) is 7.61. The lowest BCUT2D eigenvalue weighted by atomic mass is 10.1. The summed E-state index contributed by atoms with van der Waals surface area (Å²) in [5.74, 6) is 0. The number of hydrogen-bond donors (Lipinski definition) is 2. The molecule has 0 saturated heterocycles. The van der Waals surface area contributed by atoms with Crippen LogP contribution < -0.4 is 10.5 Å². The van der Waals surface area contributed by atoms with Crippen LogP contribution in [0.3, 0.4) is 0 Å². The fourth-order valence-corrected chi connectivity index (χ4v) is 2.92. The van der Waals surface area contributed by atoms with E-state index in [1.165, 1.54) is 0 Å². The molecule has 1 aromatic carbocycles. The van der Waals surface area contributed by atoms with Gasteiger partial charge in [0, 0.05) is 17.1 Å². The molecule has 0 heterocycles. The molecule has 1 rings (SSSR count). The van der Waals surface area contributed by atoms with Gasteiger partial charge in [-0.1, -0.05) is 29.8 Å². The molecule has 1 aromatic rings. The number of rotatable bonds is 4. The van der Waals surface area contributed by atoms with Gasteiger partial charge in [-0.25, -0.2) is 13.6 Å². The monoisotopic (exact) mass is 320 g/mol. The summed E-state index contributed by atoms with van der Waals surface area (Å²) in [7, 11) is -3.67. The Kier molecular flexibility index (Phi) is 4.71. The molecule has 0 atom stereocenters. The number of nitrogens with two attached hydrogens (primary N) is 1. The van der Waals surface area contributed by atoms with Gasteiger partial charge < -0.3 is 5.32 Å². The van der Waals surface area contributed by atoms with E-state index in [1.807, 2.05) is 19.9 Å². The minimum atomic E-state index is -3.67. The molecule has 0 aliphatic rings. The third-order valence-corrected chi connectivity index (χ3v) is 4.24. The van der Waals surface area contributed by atoms with Gasteiger partial charge in [-0.15, -0.1) is 0 Å². The second-order valence-corrected chi connectivity index (χ2v) is 6.67. The largest absolute Gasteiger partial charge is 0.310 e. The molecule has 0 spiro atoms. The van der Waals surface area contributed by atoms with Crippen LogP contribution >= 0.6 is 15.9 Å². The van der Waals surface area contributed by atoms with Crippen LogP contribution in [0.2, 0.25) is 0 Å². The highest BCUT2D eigenvalue weighted by molar-refractivity contribution is 9.10. The zero-order valence-electron chi connectivity index (χ0n) is 10.1. The number of benzene rings is 1. The molecular formula is C11H17BrN2O2S. The summed E-state index contributed by atoms with van der Waals surface area (Å²) in [4.78, 5) is 0.174. The first kappa shape index (κ1) is 14.6. The fourth-order valence-electron chi connectivity index (χ4n) is 1.43. The lowest BCUT2D eigenvalue weighted by molar-refractivity contribution is 0.586. The highest BCUT2D eigenvalue weighted by Gasteiger charge is 2.15. The van der Waals surface area contributed by atoms with Crippen LogP contribution in [-0.2, 0) is 16.6 Å². The second-order valence-electron chi connectivity index (χ2n) is 4.28. The van der Waals surface area contributed by atoms with E-state index >= 15 is 0 Å². The standard InChI is InChI=1S/C11H17BrN2O2S/c1-7(2)14-6-9-4-10(12)8(3)11(5-9)17(13,15)16/h4-5,7,14H,6H2,1-3H3,(H2,13,15,16). The lowest BCUT2D eigenvalue weighted by Gasteiger charge is -2.12. The Morgan fingerprint density at radius 1 is 1.41 bits per heavy atom. The maximum atomic E-state index is 11.4. The highest BCUT2D eigenvalue weighted by atomic mass is 79.9. The van der Waals surface area contributed by atoms with Gasteiger partial charge >= 0.3 is 0 Å². The number of hydrogen-bond acceptors (Lipinski definition) is 3. The van der Waals surface area contributed by atoms with E-state index in [1.54, 1.807) is 13.0 Å². The average Bonchev–Trinajstić information content (AvgIpc) is 2.17. The third-order valence-electron chi connectivity index (χ3n) is 2.38. The van der Waals surface area contributed by atoms with Gasteiger partial charge in [-0.3, -0.25) is 0 Å². The molecule has 17 heavy (non-hydrogen) atoms. The maximum Gasteiger partial charge on any atom is 0.238 e. The van der Waals surface area contributed by atoms with Crippen LogP contribution in [0.15, 0.2) is 21.5 Å². The van der Waals surface area contributed by atoms with Gasteiger partial charge in [0.1, 0.15) is 0 Å². The molecule has 4 nitrogen and oxygen atoms in total. The van der Waals surface area contributed by atoms with Crippen LogP contribution in [0.5, 0.6) is 0 Å². The van der Waals surface area contributed by atoms with Crippen molar-refractivity contribution in [1.29, 1.82) is 0 Å². The Bertz CT molecular complexity index is 512. The van der Waals surface area contributed by atoms with E-state index in [-0.39, 0.29) is 4.90 Å². The Labute approximate surface area is 111 Å². The molecule has 0 amide bonds. The minimum Gasteiger partial charge on any atom is -0.310 e. The van der Waals surface area contributed by atoms with E-state index in [9.17, 15) is 8.42 Å². The minimum absolute atomic E-state index is 0.174. The Morgan fingerprint density at radius 3 is 2.47 bits per heavy atom. The smallest absolute Gasteiger partial charge is 0.238 e. The first-order valence-electron chi connectivity index (χ1n) is 5.27. The molecule has 0 saturated carbocycles. The van der Waals surface area contributed by atoms with Crippen LogP contribution in [0.1, 0.15) is 25.0 Å². The van der Waals surface area contributed by atoms with Gasteiger partial charge in [0.15, 0.2) is 0 Å². The lowest BCUT2D eigenvalue weighted by Crippen LogP contribution is -2.22. The Morgan fingerprint density at radius 2 is 2.00 bits per heavy atom. The van der Waals surface area contributed by atoms with Crippen molar-refractivity contribution in [2.24, 2.45) is 5.14 Å². The van der Waals surface area contributed by atoms with Gasteiger partial charge in [-0.2, -0.15) is 0 Å². The van der Waals surface area contributed by atoms with Crippen LogP contribution in [0, 0.1) is 6.92 Å². The normalized spacial score (nSPS) is 12.1. The van der Waals surface area contributed by atoms with E-state index in [0.717, 1.165) is 10.0 Å². The second kappa shape index (κ2) is 5.48. The maximum absolute atomic E-state index is 11.4. The molecule has 0 aliphatic heterocycles. The zero-order valence-corrected chi connectivity index (χ0v) is 12.5. The first-order chi connectivity index (χ1) is 7.71. The van der Waals surface area contributed by atoms with Crippen molar-refractivity contribution in [2.75, 3.05) is 0 Å². The molecule has 96 valence electrons. The number of halogens is 1. The van der Waals surface area contributed by atoms with Crippen molar-refractivity contribution in [1.82, 2.24) is 5.32 Å². The third kappa shape index (κ3) is 4.06. The molecule has 0 radical (unpaired) electrons. The van der Waals surface area contributed by atoms with Crippen molar-refractivity contribution < 1.29 is 8.42 Å². The van der Waals surface area contributed by atoms with Gasteiger partial charge in [0.05, 0.1) is 4.90 Å². The summed E-state index contributed by atoms with van der Waals surface area (Å²) in [6.45, 7) is 6.40. The molecule has 0 unspecified atom stereocenters. The van der Waals surface area contributed by atoms with Gasteiger partial charge in [-0.05, 0) is 30.2 Å². The van der Waals surface area contributed by atoms with E-state index in [0.29, 0.717) is 18.2 Å². The molecule has 0 bridgehead atoms. The number of nitrogens with one attached hydrogen (secondary N) is 1. The zero-order chi connectivity index (χ0) is 13.2. The van der Waals surface area contributed by atoms with E-state index < -0.39 is 10.0 Å². The average molecular weight is 321 g/mol. The summed E-state index contributed by atoms with van der Waals surface area (Å²) in [5, 5.41) is 8.41. The van der Waals surface area contributed by atoms with E-state index in [2.05, 4.69) is 21.2 Å². The quantitative estimate of drug-likeness (QED) is 0.890. The summed E-state index contributed by atoms with van der Waals surface area (Å²) in [6.07, 6.45) is 0.